The molecule has 0 bridgehead atoms. The van der Waals surface area contributed by atoms with E-state index >= 15 is 0 Å². The molecule has 1 aromatic carbocycles. The van der Waals surface area contributed by atoms with Gasteiger partial charge in [0.05, 0.1) is 0 Å². The Morgan fingerprint density at radius 3 is 2.74 bits per heavy atom. The number of hydrogen-bond acceptors (Lipinski definition) is 2. The minimum atomic E-state index is 0.347. The van der Waals surface area contributed by atoms with Crippen LogP contribution in [0.4, 0.5) is 0 Å². The van der Waals surface area contributed by atoms with Crippen LogP contribution in [0, 0.1) is 6.92 Å². The van der Waals surface area contributed by atoms with E-state index in [0.29, 0.717) is 6.04 Å². The van der Waals surface area contributed by atoms with Gasteiger partial charge in [-0.25, -0.2) is 0 Å². The zero-order valence-corrected chi connectivity index (χ0v) is 14.2. The van der Waals surface area contributed by atoms with Crippen LogP contribution in [0.2, 0.25) is 5.02 Å². The largest absolute Gasteiger partial charge is 0.305 e. The Kier molecular flexibility index (Phi) is 5.46. The van der Waals surface area contributed by atoms with E-state index in [1.165, 1.54) is 19.8 Å². The quantitative estimate of drug-likeness (QED) is 0.721. The minimum Gasteiger partial charge on any atom is -0.305 e. The average Bonchev–Trinajstić information content (AvgIpc) is 2.70. The minimum absolute atomic E-state index is 0.347. The highest BCUT2D eigenvalue weighted by Gasteiger charge is 2.10. The lowest BCUT2D eigenvalue weighted by atomic mass is 10.0. The van der Waals surface area contributed by atoms with Crippen LogP contribution in [0.15, 0.2) is 34.8 Å². The molecule has 1 nitrogen and oxygen atoms in total. The third-order valence-electron chi connectivity index (χ3n) is 3.09. The van der Waals surface area contributed by atoms with Gasteiger partial charge in [0.1, 0.15) is 0 Å². The van der Waals surface area contributed by atoms with Crippen molar-refractivity contribution in [3.8, 4) is 0 Å². The summed E-state index contributed by atoms with van der Waals surface area (Å²) in [6.45, 7) is 5.21. The van der Waals surface area contributed by atoms with E-state index in [1.807, 2.05) is 29.5 Å². The SMILES string of the molecule is CCC(NCc1cc(Br)c(C)s1)c1cccc(Cl)c1. The molecule has 0 aliphatic rings. The fraction of sp³-hybridized carbons (Fsp3) is 0.333. The predicted octanol–water partition coefficient (Wildman–Crippen LogP) is 5.71. The summed E-state index contributed by atoms with van der Waals surface area (Å²) in [6.07, 6.45) is 1.05. The van der Waals surface area contributed by atoms with E-state index in [0.717, 1.165) is 18.0 Å². The van der Waals surface area contributed by atoms with E-state index in [1.54, 1.807) is 0 Å². The number of rotatable bonds is 5. The first kappa shape index (κ1) is 15.0. The molecule has 19 heavy (non-hydrogen) atoms. The second kappa shape index (κ2) is 6.89. The third-order valence-corrected chi connectivity index (χ3v) is 5.46. The predicted molar refractivity (Wildman–Crippen MR) is 88.1 cm³/mol. The summed E-state index contributed by atoms with van der Waals surface area (Å²) in [4.78, 5) is 2.68. The van der Waals surface area contributed by atoms with E-state index in [-0.39, 0.29) is 0 Å². The molecule has 1 unspecified atom stereocenters. The molecule has 102 valence electrons. The fourth-order valence-corrected chi connectivity index (χ4v) is 3.80. The van der Waals surface area contributed by atoms with E-state index in [2.05, 4.69) is 47.2 Å². The van der Waals surface area contributed by atoms with Crippen molar-refractivity contribution in [1.82, 2.24) is 5.32 Å². The Labute approximate surface area is 132 Å². The standard InChI is InChI=1S/C15H17BrClNS/c1-3-15(11-5-4-6-12(17)7-11)18-9-13-8-14(16)10(2)19-13/h4-8,15,18H,3,9H2,1-2H3. The Hall–Kier alpha value is -0.350. The fourth-order valence-electron chi connectivity index (χ4n) is 2.05. The van der Waals surface area contributed by atoms with Crippen molar-refractivity contribution in [2.75, 3.05) is 0 Å². The number of halogens is 2. The number of hydrogen-bond donors (Lipinski definition) is 1. The molecule has 1 heterocycles. The van der Waals surface area contributed by atoms with Gasteiger partial charge in [0.25, 0.3) is 0 Å². The van der Waals surface area contributed by atoms with Gasteiger partial charge in [0.15, 0.2) is 0 Å². The van der Waals surface area contributed by atoms with Gasteiger partial charge in [-0.05, 0) is 53.0 Å². The van der Waals surface area contributed by atoms with Gasteiger partial charge in [0.2, 0.25) is 0 Å². The highest BCUT2D eigenvalue weighted by atomic mass is 79.9. The van der Waals surface area contributed by atoms with Crippen molar-refractivity contribution in [3.63, 3.8) is 0 Å². The lowest BCUT2D eigenvalue weighted by Crippen LogP contribution is -2.19. The van der Waals surface area contributed by atoms with Crippen LogP contribution in [0.25, 0.3) is 0 Å². The molecule has 1 atom stereocenters. The van der Waals surface area contributed by atoms with E-state index in [9.17, 15) is 0 Å². The molecule has 4 heteroatoms. The zero-order valence-electron chi connectivity index (χ0n) is 11.0. The molecule has 1 aromatic heterocycles. The third kappa shape index (κ3) is 4.06. The maximum atomic E-state index is 6.06. The molecule has 0 saturated carbocycles. The molecule has 0 amide bonds. The summed E-state index contributed by atoms with van der Waals surface area (Å²) in [5.41, 5.74) is 1.25. The molecule has 0 aliphatic carbocycles. The summed E-state index contributed by atoms with van der Waals surface area (Å²) in [6, 6.07) is 10.6. The number of thiophene rings is 1. The van der Waals surface area contributed by atoms with Crippen molar-refractivity contribution in [1.29, 1.82) is 0 Å². The first-order valence-corrected chi connectivity index (χ1v) is 8.32. The highest BCUT2D eigenvalue weighted by molar-refractivity contribution is 9.10. The van der Waals surface area contributed by atoms with Crippen LogP contribution in [-0.4, -0.2) is 0 Å². The molecule has 0 saturated heterocycles. The maximum absolute atomic E-state index is 6.06. The lowest BCUT2D eigenvalue weighted by molar-refractivity contribution is 0.522. The number of benzene rings is 1. The van der Waals surface area contributed by atoms with Crippen LogP contribution in [0.5, 0.6) is 0 Å². The second-order valence-electron chi connectivity index (χ2n) is 4.51. The van der Waals surface area contributed by atoms with Crippen LogP contribution in [0.1, 0.15) is 34.7 Å². The first-order chi connectivity index (χ1) is 9.10. The lowest BCUT2D eigenvalue weighted by Gasteiger charge is -2.17. The van der Waals surface area contributed by atoms with Gasteiger partial charge < -0.3 is 5.32 Å². The van der Waals surface area contributed by atoms with Gasteiger partial charge >= 0.3 is 0 Å². The second-order valence-corrected chi connectivity index (χ2v) is 7.15. The van der Waals surface area contributed by atoms with Crippen LogP contribution in [-0.2, 0) is 6.54 Å². The molecule has 1 N–H and O–H groups in total. The molecule has 0 fully saturated rings. The average molecular weight is 359 g/mol. The summed E-state index contributed by atoms with van der Waals surface area (Å²) >= 11 is 11.4. The van der Waals surface area contributed by atoms with Gasteiger partial charge in [-0.15, -0.1) is 11.3 Å². The van der Waals surface area contributed by atoms with Gasteiger partial charge in [-0.3, -0.25) is 0 Å². The highest BCUT2D eigenvalue weighted by Crippen LogP contribution is 2.27. The normalized spacial score (nSPS) is 12.6. The monoisotopic (exact) mass is 357 g/mol. The van der Waals surface area contributed by atoms with E-state index < -0.39 is 0 Å². The Bertz CT molecular complexity index is 533. The number of aryl methyl sites for hydroxylation is 1. The van der Waals surface area contributed by atoms with Gasteiger partial charge in [0, 0.05) is 31.8 Å². The molecule has 2 rings (SSSR count). The molecular weight excluding hydrogens is 342 g/mol. The summed E-state index contributed by atoms with van der Waals surface area (Å²) in [5.74, 6) is 0. The van der Waals surface area contributed by atoms with Gasteiger partial charge in [-0.2, -0.15) is 0 Å². The topological polar surface area (TPSA) is 12.0 Å². The Morgan fingerprint density at radius 2 is 2.16 bits per heavy atom. The summed E-state index contributed by atoms with van der Waals surface area (Å²) in [7, 11) is 0. The van der Waals surface area contributed by atoms with Crippen molar-refractivity contribution in [3.05, 3.63) is 55.1 Å². The van der Waals surface area contributed by atoms with Crippen LogP contribution < -0.4 is 5.32 Å². The number of nitrogens with one attached hydrogen (secondary N) is 1. The molecule has 0 aliphatic heterocycles. The van der Waals surface area contributed by atoms with Crippen molar-refractivity contribution >= 4 is 38.9 Å². The summed E-state index contributed by atoms with van der Waals surface area (Å²) in [5, 5.41) is 4.40. The van der Waals surface area contributed by atoms with Crippen molar-refractivity contribution in [2.45, 2.75) is 32.9 Å². The van der Waals surface area contributed by atoms with Crippen LogP contribution >= 0.6 is 38.9 Å². The van der Waals surface area contributed by atoms with Crippen molar-refractivity contribution in [2.24, 2.45) is 0 Å². The maximum Gasteiger partial charge on any atom is 0.0409 e. The Balaban J connectivity index is 2.03. The molecule has 0 radical (unpaired) electrons. The smallest absolute Gasteiger partial charge is 0.0409 e. The van der Waals surface area contributed by atoms with Crippen molar-refractivity contribution < 1.29 is 0 Å². The molecule has 0 spiro atoms. The molecule has 2 aromatic rings. The van der Waals surface area contributed by atoms with Crippen LogP contribution in [0.3, 0.4) is 0 Å². The van der Waals surface area contributed by atoms with Gasteiger partial charge in [-0.1, -0.05) is 30.7 Å². The summed E-state index contributed by atoms with van der Waals surface area (Å²) < 4.78 is 1.20. The first-order valence-electron chi connectivity index (χ1n) is 6.33. The Morgan fingerprint density at radius 1 is 1.37 bits per heavy atom. The zero-order chi connectivity index (χ0) is 13.8. The van der Waals surface area contributed by atoms with E-state index in [4.69, 9.17) is 11.6 Å². The molecular formula is C15H17BrClNS.